The Morgan fingerprint density at radius 1 is 0.909 bits per heavy atom. The molecule has 1 aromatic rings. The summed E-state index contributed by atoms with van der Waals surface area (Å²) in [4.78, 5) is 29.6. The Morgan fingerprint density at radius 3 is 2.15 bits per heavy atom. The number of thiophene rings is 1. The van der Waals surface area contributed by atoms with Crippen LogP contribution in [0.2, 0.25) is 0 Å². The Balaban J connectivity index is 1.35. The molecule has 7 nitrogen and oxygen atoms in total. The highest BCUT2D eigenvalue weighted by Gasteiger charge is 2.35. The standard InChI is InChI=1S/C24H37N3O4S2/c1-25(21-9-5-4-6-10-21)23(28)19-11-15-27(16-12-19)33(30,31)22-17-20(18-32-22)24(29)26-13-7-2-3-8-14-26/h17-19,21H,2-16H2,1H3. The number of sulfonamides is 1. The molecule has 0 aromatic carbocycles. The van der Waals surface area contributed by atoms with Gasteiger partial charge in [0.2, 0.25) is 5.91 Å². The van der Waals surface area contributed by atoms with Crippen molar-refractivity contribution in [2.45, 2.75) is 80.9 Å². The zero-order chi connectivity index (χ0) is 23.4. The largest absolute Gasteiger partial charge is 0.343 e. The van der Waals surface area contributed by atoms with Crippen molar-refractivity contribution in [1.29, 1.82) is 0 Å². The molecule has 2 aliphatic heterocycles. The molecule has 0 spiro atoms. The Hall–Kier alpha value is -1.45. The summed E-state index contributed by atoms with van der Waals surface area (Å²) in [5.41, 5.74) is 0.472. The number of carbonyl (C=O) groups excluding carboxylic acids is 2. The van der Waals surface area contributed by atoms with E-state index in [0.29, 0.717) is 37.5 Å². The van der Waals surface area contributed by atoms with E-state index >= 15 is 0 Å². The lowest BCUT2D eigenvalue weighted by molar-refractivity contribution is -0.138. The molecule has 0 unspecified atom stereocenters. The minimum Gasteiger partial charge on any atom is -0.343 e. The van der Waals surface area contributed by atoms with Crippen molar-refractivity contribution >= 4 is 33.2 Å². The molecular weight excluding hydrogens is 458 g/mol. The Morgan fingerprint density at radius 2 is 1.52 bits per heavy atom. The predicted molar refractivity (Wildman–Crippen MR) is 130 cm³/mol. The van der Waals surface area contributed by atoms with E-state index in [-0.39, 0.29) is 21.9 Å². The molecule has 1 saturated carbocycles. The maximum absolute atomic E-state index is 13.2. The van der Waals surface area contributed by atoms with Gasteiger partial charge < -0.3 is 9.80 Å². The van der Waals surface area contributed by atoms with Crippen LogP contribution in [0.25, 0.3) is 0 Å². The molecule has 3 aliphatic rings. The van der Waals surface area contributed by atoms with E-state index in [1.807, 2.05) is 16.8 Å². The highest BCUT2D eigenvalue weighted by molar-refractivity contribution is 7.91. The number of nitrogens with zero attached hydrogens (tertiary/aromatic N) is 3. The molecule has 0 radical (unpaired) electrons. The van der Waals surface area contributed by atoms with Crippen LogP contribution in [-0.4, -0.2) is 73.6 Å². The summed E-state index contributed by atoms with van der Waals surface area (Å²) >= 11 is 1.13. The normalized spacial score (nSPS) is 22.2. The Kier molecular flexibility index (Phi) is 8.12. The average Bonchev–Trinajstić information content (AvgIpc) is 3.20. The molecule has 3 heterocycles. The fourth-order valence-electron chi connectivity index (χ4n) is 5.43. The third-order valence-electron chi connectivity index (χ3n) is 7.58. The summed E-state index contributed by atoms with van der Waals surface area (Å²) < 4.78 is 28.2. The van der Waals surface area contributed by atoms with Crippen molar-refractivity contribution < 1.29 is 18.0 Å². The molecule has 3 fully saturated rings. The van der Waals surface area contributed by atoms with Gasteiger partial charge in [-0.15, -0.1) is 11.3 Å². The van der Waals surface area contributed by atoms with Crippen molar-refractivity contribution in [2.24, 2.45) is 5.92 Å². The quantitative estimate of drug-likeness (QED) is 0.620. The zero-order valence-corrected chi connectivity index (χ0v) is 21.3. The fraction of sp³-hybridized carbons (Fsp3) is 0.750. The van der Waals surface area contributed by atoms with E-state index in [0.717, 1.165) is 63.0 Å². The second kappa shape index (κ2) is 10.9. The molecular formula is C24H37N3O4S2. The molecule has 33 heavy (non-hydrogen) atoms. The summed E-state index contributed by atoms with van der Waals surface area (Å²) in [6.45, 7) is 2.19. The second-order valence-corrected chi connectivity index (χ2v) is 12.9. The van der Waals surface area contributed by atoms with Crippen molar-refractivity contribution in [1.82, 2.24) is 14.1 Å². The summed E-state index contributed by atoms with van der Waals surface area (Å²) in [5.74, 6) is -0.00283. The minimum atomic E-state index is -3.65. The van der Waals surface area contributed by atoms with Crippen molar-refractivity contribution in [3.63, 3.8) is 0 Å². The minimum absolute atomic E-state index is 0.0651. The number of amides is 2. The molecule has 9 heteroatoms. The van der Waals surface area contributed by atoms with Gasteiger partial charge in [0.25, 0.3) is 15.9 Å². The van der Waals surface area contributed by atoms with Crippen molar-refractivity contribution in [3.8, 4) is 0 Å². The molecule has 184 valence electrons. The summed E-state index contributed by atoms with van der Waals surface area (Å²) in [6, 6.07) is 1.88. The Labute approximate surface area is 202 Å². The lowest BCUT2D eigenvalue weighted by atomic mass is 9.91. The number of hydrogen-bond donors (Lipinski definition) is 0. The molecule has 4 rings (SSSR count). The first-order chi connectivity index (χ1) is 15.9. The maximum Gasteiger partial charge on any atom is 0.254 e. The van der Waals surface area contributed by atoms with Gasteiger partial charge in [0, 0.05) is 50.6 Å². The number of piperidine rings is 1. The van der Waals surface area contributed by atoms with E-state index in [2.05, 4.69) is 0 Å². The van der Waals surface area contributed by atoms with Crippen LogP contribution in [0.4, 0.5) is 0 Å². The van der Waals surface area contributed by atoms with Gasteiger partial charge in [-0.1, -0.05) is 32.1 Å². The van der Waals surface area contributed by atoms with E-state index in [4.69, 9.17) is 0 Å². The van der Waals surface area contributed by atoms with E-state index in [1.165, 1.54) is 23.6 Å². The van der Waals surface area contributed by atoms with Gasteiger partial charge >= 0.3 is 0 Å². The van der Waals surface area contributed by atoms with Gasteiger partial charge in [0.15, 0.2) is 0 Å². The smallest absolute Gasteiger partial charge is 0.254 e. The summed E-state index contributed by atoms with van der Waals surface area (Å²) in [6.07, 6.45) is 11.2. The van der Waals surface area contributed by atoms with Crippen LogP contribution < -0.4 is 0 Å². The first-order valence-electron chi connectivity index (χ1n) is 12.5. The monoisotopic (exact) mass is 495 g/mol. The fourth-order valence-corrected chi connectivity index (χ4v) is 8.20. The third-order valence-corrected chi connectivity index (χ3v) is 10.9. The third kappa shape index (κ3) is 5.62. The van der Waals surface area contributed by atoms with Crippen molar-refractivity contribution in [2.75, 3.05) is 33.2 Å². The number of carbonyl (C=O) groups is 2. The molecule has 0 atom stereocenters. The average molecular weight is 496 g/mol. The highest BCUT2D eigenvalue weighted by atomic mass is 32.2. The first-order valence-corrected chi connectivity index (χ1v) is 14.8. The van der Waals surface area contributed by atoms with Gasteiger partial charge in [0.05, 0.1) is 5.56 Å². The van der Waals surface area contributed by atoms with Crippen LogP contribution in [0.3, 0.4) is 0 Å². The number of hydrogen-bond acceptors (Lipinski definition) is 5. The van der Waals surface area contributed by atoms with Gasteiger partial charge in [-0.2, -0.15) is 4.31 Å². The Bertz CT molecular complexity index is 923. The molecule has 2 saturated heterocycles. The number of likely N-dealkylation sites (tertiary alicyclic amines) is 1. The zero-order valence-electron chi connectivity index (χ0n) is 19.7. The van der Waals surface area contributed by atoms with Gasteiger partial charge in [-0.25, -0.2) is 8.42 Å². The lowest BCUT2D eigenvalue weighted by Gasteiger charge is -2.36. The van der Waals surface area contributed by atoms with Gasteiger partial charge in [0.1, 0.15) is 4.21 Å². The van der Waals surface area contributed by atoms with Gasteiger partial charge in [-0.05, 0) is 44.6 Å². The number of rotatable bonds is 5. The van der Waals surface area contributed by atoms with Crippen LogP contribution in [0.5, 0.6) is 0 Å². The van der Waals surface area contributed by atoms with Crippen LogP contribution in [-0.2, 0) is 14.8 Å². The van der Waals surface area contributed by atoms with E-state index in [1.54, 1.807) is 11.4 Å². The SMILES string of the molecule is CN(C(=O)C1CCN(S(=O)(=O)c2cc(C(=O)N3CCCCCC3)cs2)CC1)C1CCCCC1. The second-order valence-electron chi connectivity index (χ2n) is 9.78. The summed E-state index contributed by atoms with van der Waals surface area (Å²) in [7, 11) is -1.73. The molecule has 0 bridgehead atoms. The van der Waals surface area contributed by atoms with E-state index in [9.17, 15) is 18.0 Å². The predicted octanol–water partition coefficient (Wildman–Crippen LogP) is 3.96. The molecule has 1 aromatic heterocycles. The van der Waals surface area contributed by atoms with Crippen LogP contribution in [0, 0.1) is 5.92 Å². The van der Waals surface area contributed by atoms with Crippen LogP contribution in [0.15, 0.2) is 15.7 Å². The van der Waals surface area contributed by atoms with Crippen LogP contribution >= 0.6 is 11.3 Å². The van der Waals surface area contributed by atoms with E-state index < -0.39 is 10.0 Å². The lowest BCUT2D eigenvalue weighted by Crippen LogP contribution is -2.46. The van der Waals surface area contributed by atoms with Crippen LogP contribution in [0.1, 0.15) is 81.0 Å². The summed E-state index contributed by atoms with van der Waals surface area (Å²) in [5, 5.41) is 1.68. The maximum atomic E-state index is 13.2. The highest BCUT2D eigenvalue weighted by Crippen LogP contribution is 2.30. The molecule has 1 aliphatic carbocycles. The topological polar surface area (TPSA) is 78.0 Å². The first kappa shape index (κ1) is 24.7. The van der Waals surface area contributed by atoms with Crippen molar-refractivity contribution in [3.05, 3.63) is 17.0 Å². The molecule has 0 N–H and O–H groups in total. The van der Waals surface area contributed by atoms with Gasteiger partial charge in [-0.3, -0.25) is 9.59 Å². The molecule has 2 amide bonds.